The summed E-state index contributed by atoms with van der Waals surface area (Å²) in [6.45, 7) is 1.33. The molecular weight excluding hydrogens is 264 g/mol. The van der Waals surface area contributed by atoms with Crippen LogP contribution < -0.4 is 5.73 Å². The van der Waals surface area contributed by atoms with E-state index in [1.165, 1.54) is 16.6 Å². The molecule has 1 saturated heterocycles. The summed E-state index contributed by atoms with van der Waals surface area (Å²) < 4.78 is 26.4. The predicted molar refractivity (Wildman–Crippen MR) is 69.5 cm³/mol. The quantitative estimate of drug-likeness (QED) is 0.859. The first-order valence-electron chi connectivity index (χ1n) is 6.15. The molecule has 19 heavy (non-hydrogen) atoms. The van der Waals surface area contributed by atoms with Crippen molar-refractivity contribution in [2.45, 2.75) is 17.9 Å². The number of rotatable bonds is 3. The van der Waals surface area contributed by atoms with Crippen molar-refractivity contribution in [3.8, 4) is 6.07 Å². The Morgan fingerprint density at radius 1 is 1.58 bits per heavy atom. The van der Waals surface area contributed by atoms with Crippen LogP contribution in [0.1, 0.15) is 18.4 Å². The second-order valence-electron chi connectivity index (χ2n) is 4.57. The highest BCUT2D eigenvalue weighted by molar-refractivity contribution is 7.89. The number of nitrogens with two attached hydrogens (primary N) is 1. The first-order valence-corrected chi connectivity index (χ1v) is 7.59. The Hall–Kier alpha value is -1.49. The largest absolute Gasteiger partial charge is 0.330 e. The minimum atomic E-state index is -3.70. The molecule has 6 nitrogen and oxygen atoms in total. The molecule has 1 fully saturated rings. The van der Waals surface area contributed by atoms with Crippen molar-refractivity contribution < 1.29 is 8.42 Å². The molecule has 1 aromatic heterocycles. The van der Waals surface area contributed by atoms with E-state index in [-0.39, 0.29) is 16.5 Å². The maximum atomic E-state index is 12.5. The molecule has 0 amide bonds. The van der Waals surface area contributed by atoms with Crippen LogP contribution in [-0.4, -0.2) is 37.3 Å². The van der Waals surface area contributed by atoms with Gasteiger partial charge in [0.25, 0.3) is 10.0 Å². The van der Waals surface area contributed by atoms with Crippen molar-refractivity contribution in [3.63, 3.8) is 0 Å². The van der Waals surface area contributed by atoms with Crippen LogP contribution in [0.3, 0.4) is 0 Å². The molecule has 102 valence electrons. The van der Waals surface area contributed by atoms with Gasteiger partial charge in [0.1, 0.15) is 6.07 Å². The summed E-state index contributed by atoms with van der Waals surface area (Å²) in [6, 6.07) is 4.89. The smallest absolute Gasteiger partial charge is 0.261 e. The van der Waals surface area contributed by atoms with Crippen LogP contribution in [0.25, 0.3) is 0 Å². The molecule has 7 heteroatoms. The zero-order chi connectivity index (χ0) is 13.9. The minimum Gasteiger partial charge on any atom is -0.330 e. The van der Waals surface area contributed by atoms with Crippen LogP contribution in [0.2, 0.25) is 0 Å². The number of nitriles is 1. The van der Waals surface area contributed by atoms with E-state index in [0.29, 0.717) is 19.6 Å². The minimum absolute atomic E-state index is 0.0809. The average molecular weight is 280 g/mol. The van der Waals surface area contributed by atoms with Crippen LogP contribution >= 0.6 is 0 Å². The third kappa shape index (κ3) is 2.76. The molecule has 0 aromatic carbocycles. The van der Waals surface area contributed by atoms with E-state index >= 15 is 0 Å². The lowest BCUT2D eigenvalue weighted by atomic mass is 10.0. The Morgan fingerprint density at radius 2 is 2.37 bits per heavy atom. The first-order chi connectivity index (χ1) is 9.09. The lowest BCUT2D eigenvalue weighted by molar-refractivity contribution is 0.271. The van der Waals surface area contributed by atoms with E-state index in [2.05, 4.69) is 4.98 Å². The monoisotopic (exact) mass is 280 g/mol. The van der Waals surface area contributed by atoms with Gasteiger partial charge in [0.05, 0.1) is 5.56 Å². The fraction of sp³-hybridized carbons (Fsp3) is 0.500. The molecular formula is C12H16N4O2S. The van der Waals surface area contributed by atoms with Crippen molar-refractivity contribution in [3.05, 3.63) is 23.9 Å². The summed E-state index contributed by atoms with van der Waals surface area (Å²) in [5, 5.41) is 8.83. The van der Waals surface area contributed by atoms with Gasteiger partial charge in [0.15, 0.2) is 5.03 Å². The van der Waals surface area contributed by atoms with Gasteiger partial charge in [-0.25, -0.2) is 13.4 Å². The number of hydrogen-bond acceptors (Lipinski definition) is 5. The van der Waals surface area contributed by atoms with E-state index < -0.39 is 10.0 Å². The molecule has 1 aromatic rings. The Bertz CT molecular complexity index is 594. The predicted octanol–water partition coefficient (Wildman–Crippen LogP) is 0.313. The molecule has 1 atom stereocenters. The molecule has 0 aliphatic carbocycles. The molecule has 0 radical (unpaired) electrons. The van der Waals surface area contributed by atoms with Gasteiger partial charge >= 0.3 is 0 Å². The van der Waals surface area contributed by atoms with Crippen molar-refractivity contribution in [1.82, 2.24) is 9.29 Å². The SMILES string of the molecule is N#Cc1cccnc1S(=O)(=O)N1CCCC(CN)C1. The van der Waals surface area contributed by atoms with E-state index in [1.54, 1.807) is 6.07 Å². The molecule has 2 N–H and O–H groups in total. The number of aromatic nitrogens is 1. The number of pyridine rings is 1. The van der Waals surface area contributed by atoms with Crippen LogP contribution in [0.5, 0.6) is 0 Å². The Morgan fingerprint density at radius 3 is 3.05 bits per heavy atom. The Balaban J connectivity index is 2.35. The van der Waals surface area contributed by atoms with Gasteiger partial charge in [-0.05, 0) is 37.4 Å². The topological polar surface area (TPSA) is 100 Å². The van der Waals surface area contributed by atoms with Crippen LogP contribution in [0.4, 0.5) is 0 Å². The van der Waals surface area contributed by atoms with Gasteiger partial charge in [-0.2, -0.15) is 9.57 Å². The summed E-state index contributed by atoms with van der Waals surface area (Å²) in [4.78, 5) is 3.86. The molecule has 2 heterocycles. The lowest BCUT2D eigenvalue weighted by Crippen LogP contribution is -2.42. The highest BCUT2D eigenvalue weighted by Gasteiger charge is 2.32. The summed E-state index contributed by atoms with van der Waals surface area (Å²) in [7, 11) is -3.70. The maximum Gasteiger partial charge on any atom is 0.261 e. The summed E-state index contributed by atoms with van der Waals surface area (Å²) >= 11 is 0. The standard InChI is InChI=1S/C12H16N4O2S/c13-7-10-3-2-6-16(9-10)19(17,18)12-11(8-14)4-1-5-15-12/h1,4-5,10H,2-3,6-7,9,13H2. The number of nitrogens with zero attached hydrogens (tertiary/aromatic N) is 3. The fourth-order valence-corrected chi connectivity index (χ4v) is 3.85. The van der Waals surface area contributed by atoms with E-state index in [0.717, 1.165) is 12.8 Å². The third-order valence-corrected chi connectivity index (χ3v) is 5.12. The van der Waals surface area contributed by atoms with Gasteiger partial charge in [-0.15, -0.1) is 0 Å². The van der Waals surface area contributed by atoms with Gasteiger partial charge < -0.3 is 5.73 Å². The lowest BCUT2D eigenvalue weighted by Gasteiger charge is -2.30. The molecule has 0 bridgehead atoms. The van der Waals surface area contributed by atoms with Gasteiger partial charge in [-0.1, -0.05) is 0 Å². The number of sulfonamides is 1. The molecule has 0 saturated carbocycles. The van der Waals surface area contributed by atoms with Crippen molar-refractivity contribution in [1.29, 1.82) is 5.26 Å². The normalized spacial score (nSPS) is 20.9. The Kier molecular flexibility index (Phi) is 4.14. The first kappa shape index (κ1) is 13.9. The molecule has 0 spiro atoms. The fourth-order valence-electron chi connectivity index (χ4n) is 2.24. The van der Waals surface area contributed by atoms with Crippen molar-refractivity contribution >= 4 is 10.0 Å². The maximum absolute atomic E-state index is 12.5. The average Bonchev–Trinajstić information content (AvgIpc) is 2.47. The van der Waals surface area contributed by atoms with Crippen molar-refractivity contribution in [2.75, 3.05) is 19.6 Å². The van der Waals surface area contributed by atoms with Crippen molar-refractivity contribution in [2.24, 2.45) is 11.7 Å². The zero-order valence-corrected chi connectivity index (χ0v) is 11.3. The zero-order valence-electron chi connectivity index (χ0n) is 10.5. The summed E-state index contributed by atoms with van der Waals surface area (Å²) in [6.07, 6.45) is 3.11. The number of piperidine rings is 1. The molecule has 2 rings (SSSR count). The number of hydrogen-bond donors (Lipinski definition) is 1. The highest BCUT2D eigenvalue weighted by atomic mass is 32.2. The van der Waals surface area contributed by atoms with Gasteiger partial charge in [-0.3, -0.25) is 0 Å². The third-order valence-electron chi connectivity index (χ3n) is 3.29. The molecule has 1 unspecified atom stereocenters. The van der Waals surface area contributed by atoms with Crippen LogP contribution in [0.15, 0.2) is 23.4 Å². The molecule has 1 aliphatic rings. The molecule has 1 aliphatic heterocycles. The van der Waals surface area contributed by atoms with Gasteiger partial charge in [0, 0.05) is 19.3 Å². The van der Waals surface area contributed by atoms with E-state index in [1.807, 2.05) is 6.07 Å². The van der Waals surface area contributed by atoms with Crippen LogP contribution in [0, 0.1) is 17.2 Å². The van der Waals surface area contributed by atoms with Gasteiger partial charge in [0.2, 0.25) is 0 Å². The van der Waals surface area contributed by atoms with E-state index in [4.69, 9.17) is 11.0 Å². The van der Waals surface area contributed by atoms with E-state index in [9.17, 15) is 8.42 Å². The Labute approximate surface area is 112 Å². The summed E-state index contributed by atoms with van der Waals surface area (Å²) in [5.74, 6) is 0.178. The van der Waals surface area contributed by atoms with Crippen LogP contribution in [-0.2, 0) is 10.0 Å². The summed E-state index contributed by atoms with van der Waals surface area (Å²) in [5.41, 5.74) is 5.69. The second-order valence-corrected chi connectivity index (χ2v) is 6.43. The highest BCUT2D eigenvalue weighted by Crippen LogP contribution is 2.23. The second kappa shape index (κ2) is 5.65.